The quantitative estimate of drug-likeness (QED) is 0.687. The molecule has 0 atom stereocenters. The molecule has 2 aromatic heterocycles. The van der Waals surface area contributed by atoms with Gasteiger partial charge in [0.2, 0.25) is 5.88 Å². The van der Waals surface area contributed by atoms with Crippen LogP contribution in [-0.4, -0.2) is 44.8 Å². The molecule has 4 rings (SSSR count). The van der Waals surface area contributed by atoms with Gasteiger partial charge in [0.05, 0.1) is 23.1 Å². The normalized spacial score (nSPS) is 14.4. The summed E-state index contributed by atoms with van der Waals surface area (Å²) in [6.45, 7) is 3.09. The van der Waals surface area contributed by atoms with Gasteiger partial charge in [-0.2, -0.15) is 10.4 Å². The third-order valence-electron chi connectivity index (χ3n) is 5.14. The second kappa shape index (κ2) is 8.15. The van der Waals surface area contributed by atoms with Crippen molar-refractivity contribution in [2.24, 2.45) is 0 Å². The molecule has 1 aliphatic heterocycles. The van der Waals surface area contributed by atoms with E-state index in [1.54, 1.807) is 29.2 Å². The number of hydrogen-bond acceptors (Lipinski definition) is 5. The number of carbonyl (C=O) groups excluding carboxylic acids is 1. The summed E-state index contributed by atoms with van der Waals surface area (Å²) in [7, 11) is 0. The first kappa shape index (κ1) is 18.7. The van der Waals surface area contributed by atoms with Gasteiger partial charge < -0.3 is 9.64 Å². The standard InChI is InChI=1S/C22H21N5O2/c1-16-20(15-25-27(16)18-7-3-2-4-8-18)22(28)26-12-9-19(10-13-26)29-21-17(14-23)6-5-11-24-21/h2-8,11,15,19H,9-10,12-13H2,1H3. The largest absolute Gasteiger partial charge is 0.473 e. The van der Waals surface area contributed by atoms with Gasteiger partial charge in [-0.15, -0.1) is 0 Å². The Bertz CT molecular complexity index is 1050. The molecular formula is C22H21N5O2. The van der Waals surface area contributed by atoms with Gasteiger partial charge in [-0.1, -0.05) is 18.2 Å². The summed E-state index contributed by atoms with van der Waals surface area (Å²) in [6, 6.07) is 15.3. The smallest absolute Gasteiger partial charge is 0.257 e. The van der Waals surface area contributed by atoms with Crippen molar-refractivity contribution < 1.29 is 9.53 Å². The predicted octanol–water partition coefficient (Wildman–Crippen LogP) is 3.13. The molecule has 1 saturated heterocycles. The number of rotatable bonds is 4. The van der Waals surface area contributed by atoms with Crippen molar-refractivity contribution in [2.75, 3.05) is 13.1 Å². The molecule has 146 valence electrons. The molecule has 1 amide bonds. The van der Waals surface area contributed by atoms with Crippen LogP contribution in [0.25, 0.3) is 5.69 Å². The Kier molecular flexibility index (Phi) is 5.25. The van der Waals surface area contributed by atoms with Crippen molar-refractivity contribution in [1.29, 1.82) is 5.26 Å². The minimum absolute atomic E-state index is 0.0151. The highest BCUT2D eigenvalue weighted by Crippen LogP contribution is 2.22. The van der Waals surface area contributed by atoms with Gasteiger partial charge in [0.1, 0.15) is 17.7 Å². The molecule has 3 heterocycles. The van der Waals surface area contributed by atoms with Crippen molar-refractivity contribution in [1.82, 2.24) is 19.7 Å². The number of likely N-dealkylation sites (tertiary alicyclic amines) is 1. The number of hydrogen-bond donors (Lipinski definition) is 0. The van der Waals surface area contributed by atoms with E-state index in [0.717, 1.165) is 11.4 Å². The Labute approximate surface area is 169 Å². The van der Waals surface area contributed by atoms with Crippen LogP contribution in [-0.2, 0) is 0 Å². The number of nitriles is 1. The summed E-state index contributed by atoms with van der Waals surface area (Å²) in [5, 5.41) is 13.6. The zero-order valence-electron chi connectivity index (χ0n) is 16.2. The van der Waals surface area contributed by atoms with Crippen LogP contribution in [0.15, 0.2) is 54.9 Å². The Morgan fingerprint density at radius 3 is 2.66 bits per heavy atom. The number of carbonyl (C=O) groups is 1. The highest BCUT2D eigenvalue weighted by atomic mass is 16.5. The van der Waals surface area contributed by atoms with Crippen LogP contribution < -0.4 is 4.74 Å². The zero-order valence-corrected chi connectivity index (χ0v) is 16.2. The van der Waals surface area contributed by atoms with Crippen LogP contribution in [0.4, 0.5) is 0 Å². The van der Waals surface area contributed by atoms with Gasteiger partial charge in [0, 0.05) is 32.1 Å². The average molecular weight is 387 g/mol. The Morgan fingerprint density at radius 2 is 1.93 bits per heavy atom. The van der Waals surface area contributed by atoms with Crippen molar-refractivity contribution >= 4 is 5.91 Å². The SMILES string of the molecule is Cc1c(C(=O)N2CCC(Oc3ncccc3C#N)CC2)cnn1-c1ccccc1. The van der Waals surface area contributed by atoms with E-state index in [4.69, 9.17) is 10.00 Å². The minimum atomic E-state index is -0.0609. The molecule has 1 aromatic carbocycles. The molecule has 7 nitrogen and oxygen atoms in total. The molecule has 0 aliphatic carbocycles. The highest BCUT2D eigenvalue weighted by Gasteiger charge is 2.27. The second-order valence-corrected chi connectivity index (χ2v) is 6.97. The van der Waals surface area contributed by atoms with Gasteiger partial charge >= 0.3 is 0 Å². The number of para-hydroxylation sites is 1. The summed E-state index contributed by atoms with van der Waals surface area (Å²) in [6.07, 6.45) is 4.58. The lowest BCUT2D eigenvalue weighted by molar-refractivity contribution is 0.0586. The maximum Gasteiger partial charge on any atom is 0.257 e. The number of aromatic nitrogens is 3. The fourth-order valence-electron chi connectivity index (χ4n) is 3.52. The third kappa shape index (κ3) is 3.83. The molecule has 3 aromatic rings. The van der Waals surface area contributed by atoms with Crippen LogP contribution in [0, 0.1) is 18.3 Å². The van der Waals surface area contributed by atoms with E-state index in [1.165, 1.54) is 0 Å². The number of amides is 1. The summed E-state index contributed by atoms with van der Waals surface area (Å²) in [5.41, 5.74) is 2.80. The molecule has 0 saturated carbocycles. The zero-order chi connectivity index (χ0) is 20.2. The fourth-order valence-corrected chi connectivity index (χ4v) is 3.52. The Morgan fingerprint density at radius 1 is 1.17 bits per heavy atom. The molecule has 0 spiro atoms. The van der Waals surface area contributed by atoms with E-state index in [1.807, 2.05) is 42.2 Å². The molecule has 7 heteroatoms. The first-order valence-corrected chi connectivity index (χ1v) is 9.58. The fraction of sp³-hybridized carbons (Fsp3) is 0.273. The molecule has 0 radical (unpaired) electrons. The van der Waals surface area contributed by atoms with Crippen LogP contribution in [0.3, 0.4) is 0 Å². The average Bonchev–Trinajstić information content (AvgIpc) is 3.16. The number of benzene rings is 1. The van der Waals surface area contributed by atoms with Crippen molar-refractivity contribution in [3.63, 3.8) is 0 Å². The van der Waals surface area contributed by atoms with Crippen LogP contribution >= 0.6 is 0 Å². The van der Waals surface area contributed by atoms with E-state index >= 15 is 0 Å². The summed E-state index contributed by atoms with van der Waals surface area (Å²) in [4.78, 5) is 19.0. The van der Waals surface area contributed by atoms with Crippen molar-refractivity contribution in [3.05, 3.63) is 71.7 Å². The van der Waals surface area contributed by atoms with Crippen LogP contribution in [0.2, 0.25) is 0 Å². The monoisotopic (exact) mass is 387 g/mol. The molecule has 1 aliphatic rings. The Balaban J connectivity index is 1.41. The maximum absolute atomic E-state index is 13.0. The van der Waals surface area contributed by atoms with Crippen LogP contribution in [0.1, 0.15) is 34.5 Å². The number of piperidine rings is 1. The highest BCUT2D eigenvalue weighted by molar-refractivity contribution is 5.95. The van der Waals surface area contributed by atoms with E-state index in [-0.39, 0.29) is 12.0 Å². The second-order valence-electron chi connectivity index (χ2n) is 6.97. The molecule has 29 heavy (non-hydrogen) atoms. The van der Waals surface area contributed by atoms with Gasteiger partial charge in [-0.3, -0.25) is 4.79 Å². The van der Waals surface area contributed by atoms with Gasteiger partial charge in [-0.05, 0) is 31.2 Å². The van der Waals surface area contributed by atoms with Gasteiger partial charge in [-0.25, -0.2) is 9.67 Å². The number of nitrogens with zero attached hydrogens (tertiary/aromatic N) is 5. The first-order valence-electron chi connectivity index (χ1n) is 9.58. The van der Waals surface area contributed by atoms with Gasteiger partial charge in [0.15, 0.2) is 0 Å². The number of pyridine rings is 1. The maximum atomic E-state index is 13.0. The molecule has 0 N–H and O–H groups in total. The predicted molar refractivity (Wildman–Crippen MR) is 107 cm³/mol. The molecule has 1 fully saturated rings. The summed E-state index contributed by atoms with van der Waals surface area (Å²) in [5.74, 6) is 0.346. The van der Waals surface area contributed by atoms with E-state index < -0.39 is 0 Å². The van der Waals surface area contributed by atoms with Crippen molar-refractivity contribution in [2.45, 2.75) is 25.9 Å². The minimum Gasteiger partial charge on any atom is -0.473 e. The van der Waals surface area contributed by atoms with E-state index in [2.05, 4.69) is 16.2 Å². The lowest BCUT2D eigenvalue weighted by atomic mass is 10.1. The van der Waals surface area contributed by atoms with Gasteiger partial charge in [0.25, 0.3) is 5.91 Å². The lowest BCUT2D eigenvalue weighted by Crippen LogP contribution is -2.42. The molecule has 0 bridgehead atoms. The Hall–Kier alpha value is -3.66. The number of ether oxygens (including phenoxy) is 1. The van der Waals surface area contributed by atoms with Crippen molar-refractivity contribution in [3.8, 4) is 17.6 Å². The van der Waals surface area contributed by atoms with E-state index in [9.17, 15) is 4.79 Å². The topological polar surface area (TPSA) is 84.0 Å². The molecule has 0 unspecified atom stereocenters. The van der Waals surface area contributed by atoms with Crippen LogP contribution in [0.5, 0.6) is 5.88 Å². The van der Waals surface area contributed by atoms with E-state index in [0.29, 0.717) is 42.9 Å². The lowest BCUT2D eigenvalue weighted by Gasteiger charge is -2.32. The first-order chi connectivity index (χ1) is 14.2. The third-order valence-corrected chi connectivity index (χ3v) is 5.14. The summed E-state index contributed by atoms with van der Waals surface area (Å²) >= 11 is 0. The molecular weight excluding hydrogens is 366 g/mol. The summed E-state index contributed by atoms with van der Waals surface area (Å²) < 4.78 is 7.69.